The van der Waals surface area contributed by atoms with Gasteiger partial charge >= 0.3 is 0 Å². The first-order valence-corrected chi connectivity index (χ1v) is 8.48. The topological polar surface area (TPSA) is 118 Å². The zero-order valence-corrected chi connectivity index (χ0v) is 12.5. The largest absolute Gasteiger partial charge is 0.299 e. The molecule has 0 spiro atoms. The van der Waals surface area contributed by atoms with E-state index in [0.717, 1.165) is 0 Å². The summed E-state index contributed by atoms with van der Waals surface area (Å²) in [7, 11) is -7.64. The van der Waals surface area contributed by atoms with E-state index >= 15 is 0 Å². The second-order valence-electron chi connectivity index (χ2n) is 4.35. The summed E-state index contributed by atoms with van der Waals surface area (Å²) in [6, 6.07) is 3.92. The first-order chi connectivity index (χ1) is 8.53. The highest BCUT2D eigenvalue weighted by atomic mass is 32.2. The highest BCUT2D eigenvalue weighted by Gasteiger charge is 2.17. The Bertz CT molecular complexity index is 666. The van der Waals surface area contributed by atoms with Crippen molar-refractivity contribution in [2.24, 2.45) is 5.14 Å². The van der Waals surface area contributed by atoms with Gasteiger partial charge in [0.15, 0.2) is 0 Å². The molecule has 19 heavy (non-hydrogen) atoms. The summed E-state index contributed by atoms with van der Waals surface area (Å²) >= 11 is 0. The molecule has 0 aliphatic carbocycles. The maximum atomic E-state index is 11.7. The number of anilines is 1. The molecule has 0 aromatic heterocycles. The van der Waals surface area contributed by atoms with Crippen LogP contribution in [-0.4, -0.2) is 22.9 Å². The third-order valence-electron chi connectivity index (χ3n) is 2.23. The number of benzene rings is 1. The van der Waals surface area contributed by atoms with Gasteiger partial charge in [-0.1, -0.05) is 6.07 Å². The molecule has 0 bridgehead atoms. The Morgan fingerprint density at radius 3 is 2.21 bits per heavy atom. The third-order valence-corrected chi connectivity index (χ3v) is 4.55. The minimum absolute atomic E-state index is 0.114. The zero-order chi connectivity index (χ0) is 14.8. The van der Waals surface area contributed by atoms with Gasteiger partial charge in [-0.25, -0.2) is 13.6 Å². The van der Waals surface area contributed by atoms with Crippen LogP contribution in [-0.2, 0) is 20.2 Å². The molecule has 1 aromatic carbocycles. The van der Waals surface area contributed by atoms with E-state index < -0.39 is 20.2 Å². The van der Waals surface area contributed by atoms with Gasteiger partial charge in [-0.15, -0.1) is 0 Å². The van der Waals surface area contributed by atoms with Gasteiger partial charge in [0.1, 0.15) is 0 Å². The van der Waals surface area contributed by atoms with Crippen LogP contribution in [0.2, 0.25) is 0 Å². The van der Waals surface area contributed by atoms with Crippen molar-refractivity contribution < 1.29 is 16.8 Å². The fraction of sp³-hybridized carbons (Fsp3) is 0.400. The summed E-state index contributed by atoms with van der Waals surface area (Å²) in [4.78, 5) is -0.114. The van der Waals surface area contributed by atoms with Crippen LogP contribution >= 0.6 is 0 Å². The van der Waals surface area contributed by atoms with Crippen molar-refractivity contribution in [2.75, 3.05) is 4.72 Å². The fourth-order valence-corrected chi connectivity index (χ4v) is 3.51. The minimum Gasteiger partial charge on any atom is -0.271 e. The summed E-state index contributed by atoms with van der Waals surface area (Å²) < 4.78 is 50.7. The molecule has 4 N–H and O–H groups in total. The SMILES string of the molecule is Cc1c(NS(=O)(=O)NC(C)C)cccc1S(N)(=O)=O. The van der Waals surface area contributed by atoms with Crippen LogP contribution in [0, 0.1) is 6.92 Å². The molecule has 0 atom stereocenters. The molecule has 1 aromatic rings. The van der Waals surface area contributed by atoms with Crippen molar-refractivity contribution in [3.8, 4) is 0 Å². The quantitative estimate of drug-likeness (QED) is 0.724. The smallest absolute Gasteiger partial charge is 0.271 e. The molecule has 0 fully saturated rings. The Morgan fingerprint density at radius 1 is 1.16 bits per heavy atom. The van der Waals surface area contributed by atoms with Crippen molar-refractivity contribution in [1.82, 2.24) is 4.72 Å². The van der Waals surface area contributed by atoms with Gasteiger partial charge in [0.05, 0.1) is 10.6 Å². The lowest BCUT2D eigenvalue weighted by molar-refractivity contribution is 0.575. The first kappa shape index (κ1) is 15.9. The van der Waals surface area contributed by atoms with E-state index in [1.54, 1.807) is 13.8 Å². The van der Waals surface area contributed by atoms with Crippen LogP contribution in [0.5, 0.6) is 0 Å². The maximum Gasteiger partial charge on any atom is 0.299 e. The molecule has 108 valence electrons. The molecule has 0 saturated carbocycles. The van der Waals surface area contributed by atoms with Crippen molar-refractivity contribution in [2.45, 2.75) is 31.7 Å². The first-order valence-electron chi connectivity index (χ1n) is 5.45. The Labute approximate surface area is 113 Å². The van der Waals surface area contributed by atoms with Crippen molar-refractivity contribution in [3.63, 3.8) is 0 Å². The standard InChI is InChI=1S/C10H17N3O4S2/c1-7(2)12-19(16,17)13-9-5-4-6-10(8(9)3)18(11,14)15/h4-7,12-13H,1-3H3,(H2,11,14,15). The second kappa shape index (κ2) is 5.45. The van der Waals surface area contributed by atoms with Crippen LogP contribution in [0.15, 0.2) is 23.1 Å². The molecule has 0 saturated heterocycles. The van der Waals surface area contributed by atoms with Gasteiger partial charge in [0.2, 0.25) is 10.0 Å². The molecule has 0 unspecified atom stereocenters. The number of primary sulfonamides is 1. The molecule has 0 amide bonds. The molecule has 0 heterocycles. The lowest BCUT2D eigenvalue weighted by atomic mass is 10.2. The normalized spacial score (nSPS) is 12.7. The number of nitrogens with two attached hydrogens (primary N) is 1. The predicted molar refractivity (Wildman–Crippen MR) is 73.4 cm³/mol. The summed E-state index contributed by atoms with van der Waals surface area (Å²) in [6.45, 7) is 4.83. The predicted octanol–water partition coefficient (Wildman–Crippen LogP) is 0.297. The molecular weight excluding hydrogens is 290 g/mol. The van der Waals surface area contributed by atoms with E-state index in [0.29, 0.717) is 0 Å². The molecule has 0 aliphatic heterocycles. The highest BCUT2D eigenvalue weighted by molar-refractivity contribution is 7.90. The third kappa shape index (κ3) is 4.46. The summed E-state index contributed by atoms with van der Waals surface area (Å²) in [5.41, 5.74) is 0.416. The lowest BCUT2D eigenvalue weighted by Gasteiger charge is -2.14. The lowest BCUT2D eigenvalue weighted by Crippen LogP contribution is -2.35. The Kier molecular flexibility index (Phi) is 4.56. The number of sulfonamides is 1. The summed E-state index contributed by atoms with van der Waals surface area (Å²) in [5, 5.41) is 5.05. The fourth-order valence-electron chi connectivity index (χ4n) is 1.52. The second-order valence-corrected chi connectivity index (χ2v) is 7.33. The number of nitrogens with one attached hydrogen (secondary N) is 2. The van der Waals surface area contributed by atoms with Gasteiger partial charge in [-0.05, 0) is 38.5 Å². The number of rotatable bonds is 5. The molecule has 9 heteroatoms. The van der Waals surface area contributed by atoms with E-state index in [1.807, 2.05) is 0 Å². The van der Waals surface area contributed by atoms with E-state index in [1.165, 1.54) is 25.1 Å². The average molecular weight is 307 g/mol. The zero-order valence-electron chi connectivity index (χ0n) is 10.8. The van der Waals surface area contributed by atoms with Crippen molar-refractivity contribution in [3.05, 3.63) is 23.8 Å². The van der Waals surface area contributed by atoms with Gasteiger partial charge in [0, 0.05) is 6.04 Å². The van der Waals surface area contributed by atoms with Crippen LogP contribution in [0.25, 0.3) is 0 Å². The number of hydrogen-bond acceptors (Lipinski definition) is 4. The van der Waals surface area contributed by atoms with Crippen LogP contribution in [0.1, 0.15) is 19.4 Å². The summed E-state index contributed by atoms with van der Waals surface area (Å²) in [6.07, 6.45) is 0. The molecule has 1 rings (SSSR count). The molecule has 0 radical (unpaired) electrons. The van der Waals surface area contributed by atoms with Crippen LogP contribution < -0.4 is 14.6 Å². The van der Waals surface area contributed by atoms with Gasteiger partial charge in [0.25, 0.3) is 10.2 Å². The minimum atomic E-state index is -3.89. The number of hydrogen-bond donors (Lipinski definition) is 3. The monoisotopic (exact) mass is 307 g/mol. The van der Waals surface area contributed by atoms with Gasteiger partial charge in [-0.2, -0.15) is 13.1 Å². The molecule has 7 nitrogen and oxygen atoms in total. The van der Waals surface area contributed by atoms with Crippen molar-refractivity contribution in [1.29, 1.82) is 0 Å². The van der Waals surface area contributed by atoms with Crippen LogP contribution in [0.4, 0.5) is 5.69 Å². The van der Waals surface area contributed by atoms with Crippen LogP contribution in [0.3, 0.4) is 0 Å². The molecular formula is C10H17N3O4S2. The summed E-state index contributed by atoms with van der Waals surface area (Å²) in [5.74, 6) is 0. The van der Waals surface area contributed by atoms with Gasteiger partial charge in [-0.3, -0.25) is 4.72 Å². The Balaban J connectivity index is 3.18. The van der Waals surface area contributed by atoms with E-state index in [2.05, 4.69) is 9.44 Å². The highest BCUT2D eigenvalue weighted by Crippen LogP contribution is 2.22. The van der Waals surface area contributed by atoms with Crippen molar-refractivity contribution >= 4 is 25.9 Å². The van der Waals surface area contributed by atoms with Gasteiger partial charge < -0.3 is 0 Å². The maximum absolute atomic E-state index is 11.7. The Hall–Kier alpha value is -1.16. The van der Waals surface area contributed by atoms with E-state index in [9.17, 15) is 16.8 Å². The van der Waals surface area contributed by atoms with E-state index in [4.69, 9.17) is 5.14 Å². The average Bonchev–Trinajstić information content (AvgIpc) is 2.16. The van der Waals surface area contributed by atoms with E-state index in [-0.39, 0.29) is 22.2 Å². The Morgan fingerprint density at radius 2 is 1.74 bits per heavy atom. The molecule has 0 aliphatic rings.